The van der Waals surface area contributed by atoms with Crippen molar-refractivity contribution in [3.05, 3.63) is 35.4 Å². The molecule has 0 aromatic heterocycles. The number of rotatable bonds is 8. The van der Waals surface area contributed by atoms with Crippen LogP contribution >= 0.6 is 22.6 Å². The van der Waals surface area contributed by atoms with Crippen LogP contribution in [0.1, 0.15) is 42.9 Å². The van der Waals surface area contributed by atoms with Gasteiger partial charge < -0.3 is 10.1 Å². The molecule has 1 aromatic rings. The molecule has 3 heteroatoms. The topological polar surface area (TPSA) is 21.3 Å². The normalized spacial score (nSPS) is 18.3. The second kappa shape index (κ2) is 8.93. The summed E-state index contributed by atoms with van der Waals surface area (Å²) in [5.74, 6) is 0. The van der Waals surface area contributed by atoms with E-state index < -0.39 is 0 Å². The highest BCUT2D eigenvalue weighted by Crippen LogP contribution is 2.26. The second-order valence-electron chi connectivity index (χ2n) is 5.12. The van der Waals surface area contributed by atoms with Crippen molar-refractivity contribution in [2.24, 2.45) is 0 Å². The fourth-order valence-electron chi connectivity index (χ4n) is 2.58. The van der Waals surface area contributed by atoms with Gasteiger partial charge >= 0.3 is 0 Å². The molecule has 0 amide bonds. The molecule has 1 aliphatic rings. The predicted molar refractivity (Wildman–Crippen MR) is 89.1 cm³/mol. The lowest BCUT2D eigenvalue weighted by Gasteiger charge is -2.26. The summed E-state index contributed by atoms with van der Waals surface area (Å²) in [6.07, 6.45) is 6.67. The van der Waals surface area contributed by atoms with Crippen molar-refractivity contribution in [2.75, 3.05) is 24.1 Å². The molecule has 0 aliphatic carbocycles. The molecule has 0 saturated carbocycles. The third-order valence-corrected chi connectivity index (χ3v) is 4.42. The molecule has 0 fully saturated rings. The molecule has 1 aliphatic heterocycles. The van der Waals surface area contributed by atoms with Gasteiger partial charge in [-0.2, -0.15) is 0 Å². The van der Waals surface area contributed by atoms with Gasteiger partial charge in [0.05, 0.1) is 12.7 Å². The second-order valence-corrected chi connectivity index (χ2v) is 6.19. The molecule has 19 heavy (non-hydrogen) atoms. The van der Waals surface area contributed by atoms with E-state index in [1.54, 1.807) is 0 Å². The number of fused-ring (bicyclic) bond motifs is 1. The number of halogens is 1. The molecule has 1 N–H and O–H groups in total. The van der Waals surface area contributed by atoms with Crippen LogP contribution in [0.5, 0.6) is 0 Å². The summed E-state index contributed by atoms with van der Waals surface area (Å²) in [6.45, 7) is 2.92. The zero-order valence-electron chi connectivity index (χ0n) is 11.5. The van der Waals surface area contributed by atoms with Gasteiger partial charge in [-0.15, -0.1) is 0 Å². The van der Waals surface area contributed by atoms with Crippen LogP contribution in [-0.2, 0) is 11.2 Å². The van der Waals surface area contributed by atoms with E-state index in [9.17, 15) is 0 Å². The van der Waals surface area contributed by atoms with Crippen molar-refractivity contribution in [1.29, 1.82) is 0 Å². The average Bonchev–Trinajstić information content (AvgIpc) is 2.46. The molecule has 0 radical (unpaired) electrons. The summed E-state index contributed by atoms with van der Waals surface area (Å²) in [7, 11) is 0. The Kier molecular flexibility index (Phi) is 7.17. The molecule has 0 spiro atoms. The maximum atomic E-state index is 5.89. The minimum Gasteiger partial charge on any atom is -0.372 e. The van der Waals surface area contributed by atoms with Gasteiger partial charge in [0.2, 0.25) is 0 Å². The van der Waals surface area contributed by atoms with Crippen LogP contribution in [0.4, 0.5) is 0 Å². The summed E-state index contributed by atoms with van der Waals surface area (Å²) >= 11 is 2.45. The molecule has 1 unspecified atom stereocenters. The standard InChI is InChI=1S/C16H24INO/c17-10-5-1-2-6-11-18-13-16-15-8-4-3-7-14(15)9-12-19-16/h3-4,7-8,16,18H,1-2,5-6,9-13H2. The molecule has 0 saturated heterocycles. The average molecular weight is 373 g/mol. The van der Waals surface area contributed by atoms with E-state index in [0.717, 1.165) is 26.1 Å². The van der Waals surface area contributed by atoms with Crippen LogP contribution in [0.2, 0.25) is 0 Å². The first kappa shape index (κ1) is 15.3. The fourth-order valence-corrected chi connectivity index (χ4v) is 3.12. The molecular weight excluding hydrogens is 349 g/mol. The van der Waals surface area contributed by atoms with E-state index in [1.807, 2.05) is 0 Å². The van der Waals surface area contributed by atoms with Gasteiger partial charge in [0, 0.05) is 6.54 Å². The van der Waals surface area contributed by atoms with Gasteiger partial charge in [-0.05, 0) is 41.4 Å². The molecule has 2 rings (SSSR count). The van der Waals surface area contributed by atoms with Crippen LogP contribution in [0.15, 0.2) is 24.3 Å². The Morgan fingerprint density at radius 2 is 2.00 bits per heavy atom. The number of hydrogen-bond donors (Lipinski definition) is 1. The molecule has 2 nitrogen and oxygen atoms in total. The number of ether oxygens (including phenoxy) is 1. The van der Waals surface area contributed by atoms with E-state index in [0.29, 0.717) is 0 Å². The van der Waals surface area contributed by atoms with Crippen molar-refractivity contribution in [2.45, 2.75) is 38.2 Å². The molecule has 1 aromatic carbocycles. The summed E-state index contributed by atoms with van der Waals surface area (Å²) < 4.78 is 7.18. The summed E-state index contributed by atoms with van der Waals surface area (Å²) in [5.41, 5.74) is 2.84. The molecule has 1 heterocycles. The Bertz CT molecular complexity index is 370. The highest BCUT2D eigenvalue weighted by atomic mass is 127. The first-order valence-electron chi connectivity index (χ1n) is 7.38. The first-order chi connectivity index (χ1) is 9.42. The van der Waals surface area contributed by atoms with Crippen molar-refractivity contribution in [3.63, 3.8) is 0 Å². The van der Waals surface area contributed by atoms with E-state index in [1.165, 1.54) is 41.2 Å². The summed E-state index contributed by atoms with van der Waals surface area (Å²) in [5, 5.41) is 3.55. The molecular formula is C16H24INO. The first-order valence-corrected chi connectivity index (χ1v) is 8.90. The third-order valence-electron chi connectivity index (χ3n) is 3.66. The van der Waals surface area contributed by atoms with Gasteiger partial charge in [-0.25, -0.2) is 0 Å². The van der Waals surface area contributed by atoms with E-state index in [-0.39, 0.29) is 6.10 Å². The Morgan fingerprint density at radius 3 is 2.89 bits per heavy atom. The zero-order chi connectivity index (χ0) is 13.3. The number of alkyl halides is 1. The highest BCUT2D eigenvalue weighted by Gasteiger charge is 2.19. The van der Waals surface area contributed by atoms with Gasteiger partial charge in [-0.1, -0.05) is 59.7 Å². The maximum absolute atomic E-state index is 5.89. The quantitative estimate of drug-likeness (QED) is 0.424. The van der Waals surface area contributed by atoms with Crippen molar-refractivity contribution < 1.29 is 4.74 Å². The summed E-state index contributed by atoms with van der Waals surface area (Å²) in [4.78, 5) is 0. The molecule has 1 atom stereocenters. The largest absolute Gasteiger partial charge is 0.372 e. The highest BCUT2D eigenvalue weighted by molar-refractivity contribution is 14.1. The van der Waals surface area contributed by atoms with Crippen LogP contribution in [0.25, 0.3) is 0 Å². The lowest BCUT2D eigenvalue weighted by molar-refractivity contribution is 0.0426. The lowest BCUT2D eigenvalue weighted by atomic mass is 9.97. The van der Waals surface area contributed by atoms with E-state index in [2.05, 4.69) is 52.2 Å². The Labute approximate surface area is 130 Å². The third kappa shape index (κ3) is 5.04. The van der Waals surface area contributed by atoms with E-state index in [4.69, 9.17) is 4.74 Å². The Hall–Kier alpha value is -0.130. The van der Waals surface area contributed by atoms with Gasteiger partial charge in [-0.3, -0.25) is 0 Å². The monoisotopic (exact) mass is 373 g/mol. The SMILES string of the molecule is ICCCCCCNCC1OCCc2ccccc21. The van der Waals surface area contributed by atoms with E-state index >= 15 is 0 Å². The Morgan fingerprint density at radius 1 is 1.16 bits per heavy atom. The number of hydrogen-bond acceptors (Lipinski definition) is 2. The van der Waals surface area contributed by atoms with Crippen LogP contribution in [0, 0.1) is 0 Å². The van der Waals surface area contributed by atoms with Gasteiger partial charge in [0.25, 0.3) is 0 Å². The maximum Gasteiger partial charge on any atom is 0.0952 e. The van der Waals surface area contributed by atoms with Gasteiger partial charge in [0.15, 0.2) is 0 Å². The minimum atomic E-state index is 0.249. The summed E-state index contributed by atoms with van der Waals surface area (Å²) in [6, 6.07) is 8.68. The number of benzene rings is 1. The van der Waals surface area contributed by atoms with Gasteiger partial charge in [0.1, 0.15) is 0 Å². The minimum absolute atomic E-state index is 0.249. The van der Waals surface area contributed by atoms with Crippen molar-refractivity contribution >= 4 is 22.6 Å². The fraction of sp³-hybridized carbons (Fsp3) is 0.625. The van der Waals surface area contributed by atoms with Crippen LogP contribution in [0.3, 0.4) is 0 Å². The Balaban J connectivity index is 1.67. The number of unbranched alkanes of at least 4 members (excludes halogenated alkanes) is 3. The number of nitrogens with one attached hydrogen (secondary N) is 1. The van der Waals surface area contributed by atoms with Crippen LogP contribution in [-0.4, -0.2) is 24.1 Å². The smallest absolute Gasteiger partial charge is 0.0952 e. The van der Waals surface area contributed by atoms with Crippen molar-refractivity contribution in [3.8, 4) is 0 Å². The van der Waals surface area contributed by atoms with Crippen LogP contribution < -0.4 is 5.32 Å². The molecule has 0 bridgehead atoms. The lowest BCUT2D eigenvalue weighted by Crippen LogP contribution is -2.28. The zero-order valence-corrected chi connectivity index (χ0v) is 13.7. The predicted octanol–water partition coefficient (Wildman–Crippen LogP) is 3.89. The molecule has 106 valence electrons. The van der Waals surface area contributed by atoms with Crippen molar-refractivity contribution in [1.82, 2.24) is 5.32 Å².